The Morgan fingerprint density at radius 1 is 1.44 bits per heavy atom. The Balaban J connectivity index is 0.00000162. The van der Waals surface area contributed by atoms with Crippen molar-refractivity contribution in [2.75, 3.05) is 20.1 Å². The van der Waals surface area contributed by atoms with Crippen molar-refractivity contribution in [3.8, 4) is 0 Å². The Kier molecular flexibility index (Phi) is 5.63. The van der Waals surface area contributed by atoms with Gasteiger partial charge in [-0.05, 0) is 31.0 Å². The summed E-state index contributed by atoms with van der Waals surface area (Å²) in [5.74, 6) is 0.433. The standard InChI is InChI=1S/C14H20N2O.ClH/c1-11-5-3-4-6-13(11)10-16(2)14(17)12-7-8-15-9-12;/h3-6,12,15H,7-10H2,1-2H3;1H. The second-order valence-corrected chi connectivity index (χ2v) is 4.81. The maximum Gasteiger partial charge on any atom is 0.227 e. The van der Waals surface area contributed by atoms with Gasteiger partial charge in [0, 0.05) is 20.1 Å². The van der Waals surface area contributed by atoms with Gasteiger partial charge in [-0.25, -0.2) is 0 Å². The van der Waals surface area contributed by atoms with Gasteiger partial charge in [0.2, 0.25) is 5.91 Å². The summed E-state index contributed by atoms with van der Waals surface area (Å²) >= 11 is 0. The number of aryl methyl sites for hydroxylation is 1. The molecule has 1 amide bonds. The molecular weight excluding hydrogens is 248 g/mol. The molecule has 0 saturated carbocycles. The summed E-state index contributed by atoms with van der Waals surface area (Å²) in [5, 5.41) is 3.24. The average Bonchev–Trinajstić information content (AvgIpc) is 2.84. The van der Waals surface area contributed by atoms with Crippen LogP contribution in [0.2, 0.25) is 0 Å². The Labute approximate surface area is 115 Å². The highest BCUT2D eigenvalue weighted by Gasteiger charge is 2.25. The van der Waals surface area contributed by atoms with E-state index in [1.165, 1.54) is 11.1 Å². The van der Waals surface area contributed by atoms with Crippen LogP contribution in [0, 0.1) is 12.8 Å². The van der Waals surface area contributed by atoms with E-state index in [0.717, 1.165) is 19.5 Å². The van der Waals surface area contributed by atoms with Crippen molar-refractivity contribution in [2.24, 2.45) is 5.92 Å². The SMILES string of the molecule is Cc1ccccc1CN(C)C(=O)C1CCNC1.Cl. The van der Waals surface area contributed by atoms with Crippen LogP contribution in [0.3, 0.4) is 0 Å². The number of hydrogen-bond acceptors (Lipinski definition) is 2. The molecule has 0 spiro atoms. The lowest BCUT2D eigenvalue weighted by Gasteiger charge is -2.21. The first-order valence-electron chi connectivity index (χ1n) is 6.18. The van der Waals surface area contributed by atoms with Gasteiger partial charge >= 0.3 is 0 Å². The normalized spacial score (nSPS) is 18.2. The number of benzene rings is 1. The Bertz CT molecular complexity index is 403. The molecule has 3 nitrogen and oxygen atoms in total. The van der Waals surface area contributed by atoms with Gasteiger partial charge in [0.05, 0.1) is 5.92 Å². The monoisotopic (exact) mass is 268 g/mol. The van der Waals surface area contributed by atoms with Gasteiger partial charge in [-0.3, -0.25) is 4.79 Å². The van der Waals surface area contributed by atoms with Gasteiger partial charge in [-0.2, -0.15) is 0 Å². The van der Waals surface area contributed by atoms with Crippen LogP contribution in [0.1, 0.15) is 17.5 Å². The first-order valence-corrected chi connectivity index (χ1v) is 6.18. The predicted molar refractivity (Wildman–Crippen MR) is 75.9 cm³/mol. The van der Waals surface area contributed by atoms with Gasteiger partial charge in [0.25, 0.3) is 0 Å². The molecule has 0 aliphatic carbocycles. The van der Waals surface area contributed by atoms with Crippen molar-refractivity contribution in [1.29, 1.82) is 0 Å². The third kappa shape index (κ3) is 3.47. The lowest BCUT2D eigenvalue weighted by atomic mass is 10.1. The highest BCUT2D eigenvalue weighted by molar-refractivity contribution is 5.85. The first-order chi connectivity index (χ1) is 8.18. The molecule has 1 aliphatic rings. The topological polar surface area (TPSA) is 32.3 Å². The van der Waals surface area contributed by atoms with Crippen molar-refractivity contribution in [1.82, 2.24) is 10.2 Å². The largest absolute Gasteiger partial charge is 0.341 e. The zero-order valence-corrected chi connectivity index (χ0v) is 11.8. The van der Waals surface area contributed by atoms with Gasteiger partial charge in [0.15, 0.2) is 0 Å². The smallest absolute Gasteiger partial charge is 0.227 e. The molecule has 1 N–H and O–H groups in total. The van der Waals surface area contributed by atoms with Crippen LogP contribution in [0.5, 0.6) is 0 Å². The highest BCUT2D eigenvalue weighted by atomic mass is 35.5. The molecule has 1 heterocycles. The van der Waals surface area contributed by atoms with E-state index >= 15 is 0 Å². The molecule has 1 fully saturated rings. The van der Waals surface area contributed by atoms with E-state index in [2.05, 4.69) is 24.4 Å². The number of amides is 1. The molecule has 1 aromatic rings. The molecule has 18 heavy (non-hydrogen) atoms. The highest BCUT2D eigenvalue weighted by Crippen LogP contribution is 2.14. The molecule has 0 radical (unpaired) electrons. The summed E-state index contributed by atoms with van der Waals surface area (Å²) in [5.41, 5.74) is 2.48. The van der Waals surface area contributed by atoms with Crippen molar-refractivity contribution in [2.45, 2.75) is 19.9 Å². The van der Waals surface area contributed by atoms with Crippen LogP contribution >= 0.6 is 12.4 Å². The van der Waals surface area contributed by atoms with E-state index in [1.54, 1.807) is 0 Å². The van der Waals surface area contributed by atoms with Crippen molar-refractivity contribution in [3.63, 3.8) is 0 Å². The second kappa shape index (κ2) is 6.76. The van der Waals surface area contributed by atoms with Crippen molar-refractivity contribution >= 4 is 18.3 Å². The molecule has 1 atom stereocenters. The van der Waals surface area contributed by atoms with Gasteiger partial charge < -0.3 is 10.2 Å². The summed E-state index contributed by atoms with van der Waals surface area (Å²) < 4.78 is 0. The summed E-state index contributed by atoms with van der Waals surface area (Å²) in [7, 11) is 1.90. The zero-order valence-electron chi connectivity index (χ0n) is 11.0. The number of rotatable bonds is 3. The first kappa shape index (κ1) is 15.0. The zero-order chi connectivity index (χ0) is 12.3. The van der Waals surface area contributed by atoms with Crippen molar-refractivity contribution in [3.05, 3.63) is 35.4 Å². The quantitative estimate of drug-likeness (QED) is 0.909. The summed E-state index contributed by atoms with van der Waals surface area (Å²) in [6, 6.07) is 8.23. The molecule has 1 saturated heterocycles. The average molecular weight is 269 g/mol. The maximum atomic E-state index is 12.1. The van der Waals surface area contributed by atoms with Crippen LogP contribution in [-0.2, 0) is 11.3 Å². The van der Waals surface area contributed by atoms with E-state index in [0.29, 0.717) is 6.54 Å². The minimum absolute atomic E-state index is 0. The number of nitrogens with zero attached hydrogens (tertiary/aromatic N) is 1. The van der Waals surface area contributed by atoms with Crippen LogP contribution in [0.25, 0.3) is 0 Å². The van der Waals surface area contributed by atoms with Crippen LogP contribution in [-0.4, -0.2) is 30.9 Å². The second-order valence-electron chi connectivity index (χ2n) is 4.81. The fourth-order valence-corrected chi connectivity index (χ4v) is 2.30. The van der Waals surface area contributed by atoms with E-state index in [-0.39, 0.29) is 24.2 Å². The molecule has 1 aromatic carbocycles. The molecule has 1 aliphatic heterocycles. The molecule has 2 rings (SSSR count). The molecule has 0 aromatic heterocycles. The number of carbonyl (C=O) groups is 1. The Morgan fingerprint density at radius 3 is 2.78 bits per heavy atom. The van der Waals surface area contributed by atoms with Crippen LogP contribution < -0.4 is 5.32 Å². The number of nitrogens with one attached hydrogen (secondary N) is 1. The summed E-state index contributed by atoms with van der Waals surface area (Å²) in [4.78, 5) is 14.0. The van der Waals surface area contributed by atoms with E-state index in [1.807, 2.05) is 24.1 Å². The molecule has 4 heteroatoms. The molecular formula is C14H21ClN2O. The number of halogens is 1. The van der Waals surface area contributed by atoms with Gasteiger partial charge in [-0.15, -0.1) is 12.4 Å². The third-order valence-electron chi connectivity index (χ3n) is 3.45. The maximum absolute atomic E-state index is 12.1. The fraction of sp³-hybridized carbons (Fsp3) is 0.500. The van der Waals surface area contributed by atoms with Crippen LogP contribution in [0.4, 0.5) is 0 Å². The van der Waals surface area contributed by atoms with Crippen LogP contribution in [0.15, 0.2) is 24.3 Å². The Hall–Kier alpha value is -1.06. The number of hydrogen-bond donors (Lipinski definition) is 1. The minimum Gasteiger partial charge on any atom is -0.341 e. The fourth-order valence-electron chi connectivity index (χ4n) is 2.30. The van der Waals surface area contributed by atoms with E-state index < -0.39 is 0 Å². The Morgan fingerprint density at radius 2 is 2.17 bits per heavy atom. The third-order valence-corrected chi connectivity index (χ3v) is 3.45. The summed E-state index contributed by atoms with van der Waals surface area (Å²) in [6.45, 7) is 4.60. The minimum atomic E-state index is 0. The van der Waals surface area contributed by atoms with E-state index in [4.69, 9.17) is 0 Å². The molecule has 1 unspecified atom stereocenters. The predicted octanol–water partition coefficient (Wildman–Crippen LogP) is 1.98. The number of carbonyl (C=O) groups excluding carboxylic acids is 1. The van der Waals surface area contributed by atoms with Crippen molar-refractivity contribution < 1.29 is 4.79 Å². The molecule has 100 valence electrons. The lowest BCUT2D eigenvalue weighted by molar-refractivity contribution is -0.134. The van der Waals surface area contributed by atoms with Gasteiger partial charge in [-0.1, -0.05) is 24.3 Å². The van der Waals surface area contributed by atoms with Gasteiger partial charge in [0.1, 0.15) is 0 Å². The van der Waals surface area contributed by atoms with E-state index in [9.17, 15) is 4.79 Å². The molecule has 0 bridgehead atoms. The lowest BCUT2D eigenvalue weighted by Crippen LogP contribution is -2.33. The summed E-state index contributed by atoms with van der Waals surface area (Å²) in [6.07, 6.45) is 0.969.